The van der Waals surface area contributed by atoms with Gasteiger partial charge in [0.25, 0.3) is 5.91 Å². The van der Waals surface area contributed by atoms with Crippen molar-refractivity contribution in [2.45, 2.75) is 13.8 Å². The lowest BCUT2D eigenvalue weighted by Gasteiger charge is -2.13. The van der Waals surface area contributed by atoms with Crippen molar-refractivity contribution in [1.29, 1.82) is 0 Å². The van der Waals surface area contributed by atoms with Crippen LogP contribution in [0.2, 0.25) is 0 Å². The quantitative estimate of drug-likeness (QED) is 0.669. The summed E-state index contributed by atoms with van der Waals surface area (Å²) < 4.78 is 5.80. The number of aryl methyl sites for hydroxylation is 1. The van der Waals surface area contributed by atoms with E-state index in [0.29, 0.717) is 17.1 Å². The van der Waals surface area contributed by atoms with Gasteiger partial charge in [-0.2, -0.15) is 0 Å². The molecule has 0 bridgehead atoms. The Kier molecular flexibility index (Phi) is 6.07. The minimum Gasteiger partial charge on any atom is -0.457 e. The predicted molar refractivity (Wildman–Crippen MR) is 110 cm³/mol. The molecular formula is C23H22N2O3. The highest BCUT2D eigenvalue weighted by molar-refractivity contribution is 6.01. The summed E-state index contributed by atoms with van der Waals surface area (Å²) in [6, 6.07) is 21.9. The third kappa shape index (κ3) is 4.76. The number of nitrogens with one attached hydrogen (secondary N) is 2. The number of carbonyl (C=O) groups excluding carboxylic acids is 2. The molecule has 0 aromatic heterocycles. The summed E-state index contributed by atoms with van der Waals surface area (Å²) in [7, 11) is 0. The summed E-state index contributed by atoms with van der Waals surface area (Å²) in [5, 5.41) is 5.48. The molecule has 0 atom stereocenters. The second-order valence-corrected chi connectivity index (χ2v) is 6.39. The molecule has 0 aliphatic carbocycles. The first-order valence-electron chi connectivity index (χ1n) is 9.01. The summed E-state index contributed by atoms with van der Waals surface area (Å²) >= 11 is 0. The van der Waals surface area contributed by atoms with E-state index in [4.69, 9.17) is 4.74 Å². The highest BCUT2D eigenvalue weighted by Crippen LogP contribution is 2.25. The average Bonchev–Trinajstić information content (AvgIpc) is 2.71. The molecule has 0 spiro atoms. The first-order chi connectivity index (χ1) is 13.5. The Morgan fingerprint density at radius 3 is 2.36 bits per heavy atom. The molecule has 5 heteroatoms. The number of para-hydroxylation sites is 2. The average molecular weight is 374 g/mol. The molecule has 0 saturated heterocycles. The van der Waals surface area contributed by atoms with Crippen LogP contribution in [0.1, 0.15) is 21.5 Å². The molecule has 0 aliphatic heterocycles. The molecule has 0 aliphatic rings. The topological polar surface area (TPSA) is 67.4 Å². The number of benzene rings is 3. The lowest BCUT2D eigenvalue weighted by molar-refractivity contribution is -0.115. The summed E-state index contributed by atoms with van der Waals surface area (Å²) in [5.74, 6) is 0.405. The summed E-state index contributed by atoms with van der Waals surface area (Å²) in [6.45, 7) is 3.79. The zero-order chi connectivity index (χ0) is 19.9. The molecule has 0 fully saturated rings. The van der Waals surface area contributed by atoms with E-state index in [-0.39, 0.29) is 18.4 Å². The molecule has 2 amide bonds. The summed E-state index contributed by atoms with van der Waals surface area (Å²) in [4.78, 5) is 24.8. The second kappa shape index (κ2) is 8.86. The van der Waals surface area contributed by atoms with Gasteiger partial charge in [-0.3, -0.25) is 9.59 Å². The highest BCUT2D eigenvalue weighted by atomic mass is 16.5. The van der Waals surface area contributed by atoms with Crippen LogP contribution in [0, 0.1) is 13.8 Å². The Labute approximate surface area is 164 Å². The normalized spacial score (nSPS) is 10.2. The zero-order valence-corrected chi connectivity index (χ0v) is 15.9. The van der Waals surface area contributed by atoms with Crippen molar-refractivity contribution in [2.24, 2.45) is 0 Å². The van der Waals surface area contributed by atoms with Gasteiger partial charge in [0.05, 0.1) is 12.1 Å². The van der Waals surface area contributed by atoms with E-state index in [1.165, 1.54) is 0 Å². The van der Waals surface area contributed by atoms with Gasteiger partial charge in [-0.1, -0.05) is 42.5 Å². The number of rotatable bonds is 6. The van der Waals surface area contributed by atoms with E-state index < -0.39 is 0 Å². The minimum atomic E-state index is -0.373. The second-order valence-electron chi connectivity index (χ2n) is 6.39. The van der Waals surface area contributed by atoms with Crippen LogP contribution in [0.15, 0.2) is 72.8 Å². The van der Waals surface area contributed by atoms with Gasteiger partial charge in [0.15, 0.2) is 0 Å². The van der Waals surface area contributed by atoms with Crippen molar-refractivity contribution in [2.75, 3.05) is 11.9 Å². The van der Waals surface area contributed by atoms with Crippen molar-refractivity contribution in [3.63, 3.8) is 0 Å². The lowest BCUT2D eigenvalue weighted by atomic mass is 10.1. The maximum absolute atomic E-state index is 12.6. The molecule has 142 valence electrons. The van der Waals surface area contributed by atoms with Gasteiger partial charge in [-0.15, -0.1) is 0 Å². The predicted octanol–water partition coefficient (Wildman–Crippen LogP) is 4.46. The van der Waals surface area contributed by atoms with Crippen LogP contribution in [0.25, 0.3) is 0 Å². The van der Waals surface area contributed by atoms with Crippen LogP contribution in [-0.4, -0.2) is 18.4 Å². The monoisotopic (exact) mass is 374 g/mol. The van der Waals surface area contributed by atoms with Crippen molar-refractivity contribution in [3.8, 4) is 11.5 Å². The number of carbonyl (C=O) groups is 2. The van der Waals surface area contributed by atoms with Crippen molar-refractivity contribution < 1.29 is 14.3 Å². The number of hydrogen-bond acceptors (Lipinski definition) is 3. The molecule has 3 rings (SSSR count). The van der Waals surface area contributed by atoms with Gasteiger partial charge in [0.1, 0.15) is 11.5 Å². The van der Waals surface area contributed by atoms with Gasteiger partial charge in [-0.05, 0) is 55.3 Å². The Morgan fingerprint density at radius 2 is 1.57 bits per heavy atom. The van der Waals surface area contributed by atoms with E-state index in [9.17, 15) is 9.59 Å². The number of ether oxygens (including phenoxy) is 1. The van der Waals surface area contributed by atoms with Crippen LogP contribution >= 0.6 is 0 Å². The molecule has 0 radical (unpaired) electrons. The standard InChI is InChI=1S/C23H22N2O3/c1-16-9-8-13-20(17(16)2)25-22(26)15-24-23(27)19-12-6-7-14-21(19)28-18-10-4-3-5-11-18/h3-14H,15H2,1-2H3,(H,24,27)(H,25,26). The maximum Gasteiger partial charge on any atom is 0.255 e. The molecule has 2 N–H and O–H groups in total. The molecule has 3 aromatic carbocycles. The molecule has 5 nitrogen and oxygen atoms in total. The Balaban J connectivity index is 1.63. The molecular weight excluding hydrogens is 352 g/mol. The number of amides is 2. The SMILES string of the molecule is Cc1cccc(NC(=O)CNC(=O)c2ccccc2Oc2ccccc2)c1C. The van der Waals surface area contributed by atoms with Gasteiger partial charge in [0.2, 0.25) is 5.91 Å². The van der Waals surface area contributed by atoms with Crippen LogP contribution in [0.5, 0.6) is 11.5 Å². The Morgan fingerprint density at radius 1 is 0.857 bits per heavy atom. The van der Waals surface area contributed by atoms with Crippen molar-refractivity contribution >= 4 is 17.5 Å². The van der Waals surface area contributed by atoms with Crippen molar-refractivity contribution in [1.82, 2.24) is 5.32 Å². The number of hydrogen-bond donors (Lipinski definition) is 2. The van der Waals surface area contributed by atoms with Gasteiger partial charge in [0, 0.05) is 5.69 Å². The fraction of sp³-hybridized carbons (Fsp3) is 0.130. The minimum absolute atomic E-state index is 0.133. The molecule has 3 aromatic rings. The smallest absolute Gasteiger partial charge is 0.255 e. The highest BCUT2D eigenvalue weighted by Gasteiger charge is 2.14. The van der Waals surface area contributed by atoms with Gasteiger partial charge < -0.3 is 15.4 Å². The van der Waals surface area contributed by atoms with E-state index in [1.807, 2.05) is 62.4 Å². The van der Waals surface area contributed by atoms with Crippen LogP contribution in [0.4, 0.5) is 5.69 Å². The largest absolute Gasteiger partial charge is 0.457 e. The van der Waals surface area contributed by atoms with Crippen molar-refractivity contribution in [3.05, 3.63) is 89.5 Å². The number of anilines is 1. The van der Waals surface area contributed by atoms with E-state index in [2.05, 4.69) is 10.6 Å². The van der Waals surface area contributed by atoms with E-state index >= 15 is 0 Å². The Hall–Kier alpha value is -3.60. The lowest BCUT2D eigenvalue weighted by Crippen LogP contribution is -2.33. The molecule has 0 saturated carbocycles. The third-order valence-corrected chi connectivity index (χ3v) is 4.39. The van der Waals surface area contributed by atoms with Crippen LogP contribution in [0.3, 0.4) is 0 Å². The maximum atomic E-state index is 12.6. The van der Waals surface area contributed by atoms with Crippen LogP contribution < -0.4 is 15.4 Å². The first kappa shape index (κ1) is 19.2. The summed E-state index contributed by atoms with van der Waals surface area (Å²) in [6.07, 6.45) is 0. The Bertz CT molecular complexity index is 984. The molecule has 0 heterocycles. The molecule has 28 heavy (non-hydrogen) atoms. The van der Waals surface area contributed by atoms with Gasteiger partial charge >= 0.3 is 0 Å². The van der Waals surface area contributed by atoms with Gasteiger partial charge in [-0.25, -0.2) is 0 Å². The first-order valence-corrected chi connectivity index (χ1v) is 9.01. The van der Waals surface area contributed by atoms with E-state index in [0.717, 1.165) is 16.8 Å². The van der Waals surface area contributed by atoms with Crippen LogP contribution in [-0.2, 0) is 4.79 Å². The molecule has 0 unspecified atom stereocenters. The summed E-state index contributed by atoms with van der Waals surface area (Å²) in [5.41, 5.74) is 3.20. The third-order valence-electron chi connectivity index (χ3n) is 4.39. The fourth-order valence-electron chi connectivity index (χ4n) is 2.70. The van der Waals surface area contributed by atoms with E-state index in [1.54, 1.807) is 24.3 Å². The zero-order valence-electron chi connectivity index (χ0n) is 15.9. The fourth-order valence-corrected chi connectivity index (χ4v) is 2.70.